The van der Waals surface area contributed by atoms with E-state index in [1.54, 1.807) is 13.8 Å². The number of nitrogens with zero attached hydrogens (tertiary/aromatic N) is 3. The summed E-state index contributed by atoms with van der Waals surface area (Å²) in [4.78, 5) is 21.2. The molecule has 2 atom stereocenters. The third-order valence-electron chi connectivity index (χ3n) is 2.50. The summed E-state index contributed by atoms with van der Waals surface area (Å²) in [6, 6.07) is -0.308. The quantitative estimate of drug-likeness (QED) is 0.324. The monoisotopic (exact) mass is 227 g/mol. The van der Waals surface area contributed by atoms with Crippen LogP contribution in [0.25, 0.3) is 0 Å². The summed E-state index contributed by atoms with van der Waals surface area (Å²) in [6.07, 6.45) is 2.43. The maximum Gasteiger partial charge on any atom is 0.307 e. The Labute approximate surface area is 91.5 Å². The van der Waals surface area contributed by atoms with Crippen LogP contribution in [0, 0.1) is 16.0 Å². The van der Waals surface area contributed by atoms with Gasteiger partial charge in [0.2, 0.25) is 5.91 Å². The normalized spacial score (nSPS) is 14.2. The highest BCUT2D eigenvalue weighted by Crippen LogP contribution is 2.19. The first-order valence-corrected chi connectivity index (χ1v) is 4.66. The average Bonchev–Trinajstić information content (AvgIpc) is 2.75. The molecule has 0 aliphatic heterocycles. The van der Waals surface area contributed by atoms with E-state index < -0.39 is 10.8 Å². The van der Waals surface area contributed by atoms with E-state index in [-0.39, 0.29) is 17.6 Å². The number of nitro groups is 1. The summed E-state index contributed by atoms with van der Waals surface area (Å²) in [5.41, 5.74) is 1.93. The Morgan fingerprint density at radius 3 is 2.75 bits per heavy atom. The molecule has 1 amide bonds. The number of hydrogen-bond donors (Lipinski definition) is 2. The van der Waals surface area contributed by atoms with Gasteiger partial charge in [-0.3, -0.25) is 25.0 Å². The molecule has 0 fully saturated rings. The van der Waals surface area contributed by atoms with Gasteiger partial charge in [-0.05, 0) is 6.92 Å². The zero-order chi connectivity index (χ0) is 12.3. The number of nitrogens with one attached hydrogen (secondary N) is 1. The molecule has 16 heavy (non-hydrogen) atoms. The molecule has 0 radical (unpaired) electrons. The van der Waals surface area contributed by atoms with Crippen LogP contribution in [0.3, 0.4) is 0 Å². The van der Waals surface area contributed by atoms with Crippen molar-refractivity contribution in [2.24, 2.45) is 11.8 Å². The summed E-state index contributed by atoms with van der Waals surface area (Å²) in [5, 5.41) is 14.3. The van der Waals surface area contributed by atoms with Crippen LogP contribution in [0.1, 0.15) is 19.9 Å². The fourth-order valence-corrected chi connectivity index (χ4v) is 1.22. The lowest BCUT2D eigenvalue weighted by Gasteiger charge is -2.18. The molecule has 2 unspecified atom stereocenters. The van der Waals surface area contributed by atoms with Gasteiger partial charge in [-0.15, -0.1) is 0 Å². The molecule has 8 nitrogen and oxygen atoms in total. The number of carbonyl (C=O) groups is 1. The molecular formula is C8H13N5O3. The van der Waals surface area contributed by atoms with E-state index in [4.69, 9.17) is 5.84 Å². The Hall–Kier alpha value is -1.96. The molecule has 8 heteroatoms. The van der Waals surface area contributed by atoms with Gasteiger partial charge in [0.05, 0.1) is 16.9 Å². The maximum atomic E-state index is 11.3. The van der Waals surface area contributed by atoms with Crippen molar-refractivity contribution in [1.82, 2.24) is 15.2 Å². The van der Waals surface area contributed by atoms with Crippen molar-refractivity contribution >= 4 is 11.6 Å². The van der Waals surface area contributed by atoms with E-state index in [1.807, 2.05) is 5.43 Å². The minimum atomic E-state index is -0.538. The zero-order valence-electron chi connectivity index (χ0n) is 8.95. The van der Waals surface area contributed by atoms with Gasteiger partial charge in [0.15, 0.2) is 0 Å². The van der Waals surface area contributed by atoms with Gasteiger partial charge < -0.3 is 0 Å². The van der Waals surface area contributed by atoms with Crippen molar-refractivity contribution in [1.29, 1.82) is 0 Å². The highest BCUT2D eigenvalue weighted by Gasteiger charge is 2.23. The van der Waals surface area contributed by atoms with Gasteiger partial charge in [0.1, 0.15) is 12.4 Å². The molecule has 0 spiro atoms. The van der Waals surface area contributed by atoms with Crippen molar-refractivity contribution in [3.63, 3.8) is 0 Å². The van der Waals surface area contributed by atoms with Gasteiger partial charge in [0, 0.05) is 0 Å². The van der Waals surface area contributed by atoms with Crippen LogP contribution in [-0.4, -0.2) is 20.6 Å². The molecule has 0 aromatic carbocycles. The molecule has 88 valence electrons. The Bertz CT molecular complexity index is 402. The number of hydrazine groups is 1. The van der Waals surface area contributed by atoms with Gasteiger partial charge in [-0.1, -0.05) is 6.92 Å². The first-order chi connectivity index (χ1) is 7.47. The van der Waals surface area contributed by atoms with Crippen molar-refractivity contribution in [2.75, 3.05) is 0 Å². The molecule has 1 rings (SSSR count). The molecule has 0 aliphatic carbocycles. The van der Waals surface area contributed by atoms with Crippen molar-refractivity contribution in [2.45, 2.75) is 19.9 Å². The van der Waals surface area contributed by atoms with Crippen molar-refractivity contribution in [3.05, 3.63) is 22.5 Å². The Morgan fingerprint density at radius 2 is 2.31 bits per heavy atom. The second kappa shape index (κ2) is 4.71. The second-order valence-corrected chi connectivity index (χ2v) is 3.47. The predicted molar refractivity (Wildman–Crippen MR) is 55.1 cm³/mol. The molecule has 1 heterocycles. The average molecular weight is 227 g/mol. The second-order valence-electron chi connectivity index (χ2n) is 3.47. The minimum Gasteiger partial charge on any atom is -0.294 e. The van der Waals surface area contributed by atoms with Crippen LogP contribution < -0.4 is 11.3 Å². The fourth-order valence-electron chi connectivity index (χ4n) is 1.22. The topological polar surface area (TPSA) is 116 Å². The summed E-state index contributed by atoms with van der Waals surface area (Å²) in [7, 11) is 0. The van der Waals surface area contributed by atoms with Crippen LogP contribution >= 0.6 is 0 Å². The SMILES string of the molecule is CC(C(=O)NN)C(C)n1cc([N+](=O)[O-])cn1. The van der Waals surface area contributed by atoms with E-state index in [0.29, 0.717) is 0 Å². The number of carbonyl (C=O) groups excluding carboxylic acids is 1. The zero-order valence-corrected chi connectivity index (χ0v) is 8.95. The Kier molecular flexibility index (Phi) is 3.56. The lowest BCUT2D eigenvalue weighted by Crippen LogP contribution is -2.37. The van der Waals surface area contributed by atoms with Crippen LogP contribution in [0.2, 0.25) is 0 Å². The maximum absolute atomic E-state index is 11.3. The number of rotatable bonds is 4. The lowest BCUT2D eigenvalue weighted by molar-refractivity contribution is -0.385. The summed E-state index contributed by atoms with van der Waals surface area (Å²) in [5.74, 6) is 4.24. The number of nitrogens with two attached hydrogens (primary N) is 1. The van der Waals surface area contributed by atoms with Gasteiger partial charge >= 0.3 is 5.69 Å². The smallest absolute Gasteiger partial charge is 0.294 e. The van der Waals surface area contributed by atoms with Crippen molar-refractivity contribution < 1.29 is 9.72 Å². The number of amides is 1. The van der Waals surface area contributed by atoms with Crippen LogP contribution in [0.4, 0.5) is 5.69 Å². The summed E-state index contributed by atoms with van der Waals surface area (Å²) >= 11 is 0. The number of aromatic nitrogens is 2. The van der Waals surface area contributed by atoms with Crippen LogP contribution in [0.5, 0.6) is 0 Å². The molecule has 0 saturated heterocycles. The van der Waals surface area contributed by atoms with Crippen molar-refractivity contribution in [3.8, 4) is 0 Å². The molecule has 0 bridgehead atoms. The van der Waals surface area contributed by atoms with Gasteiger partial charge in [0.25, 0.3) is 0 Å². The van der Waals surface area contributed by atoms with Gasteiger partial charge in [-0.2, -0.15) is 5.10 Å². The molecular weight excluding hydrogens is 214 g/mol. The fraction of sp³-hybridized carbons (Fsp3) is 0.500. The Morgan fingerprint density at radius 1 is 1.69 bits per heavy atom. The van der Waals surface area contributed by atoms with E-state index in [9.17, 15) is 14.9 Å². The summed E-state index contributed by atoms with van der Waals surface area (Å²) < 4.78 is 1.37. The third kappa shape index (κ3) is 2.34. The third-order valence-corrected chi connectivity index (χ3v) is 2.50. The standard InChI is InChI=1S/C8H13N5O3/c1-5(8(14)11-9)6(2)12-4-7(3-10-12)13(15)16/h3-6H,9H2,1-2H3,(H,11,14). The molecule has 1 aromatic rings. The van der Waals surface area contributed by atoms with E-state index in [0.717, 1.165) is 6.20 Å². The number of hydrogen-bond acceptors (Lipinski definition) is 5. The van der Waals surface area contributed by atoms with Crippen LogP contribution in [-0.2, 0) is 4.79 Å². The van der Waals surface area contributed by atoms with E-state index in [2.05, 4.69) is 5.10 Å². The highest BCUT2D eigenvalue weighted by atomic mass is 16.6. The largest absolute Gasteiger partial charge is 0.307 e. The Balaban J connectivity index is 2.83. The predicted octanol–water partition coefficient (Wildman–Crippen LogP) is -0.0217. The lowest BCUT2D eigenvalue weighted by atomic mass is 10.0. The van der Waals surface area contributed by atoms with E-state index in [1.165, 1.54) is 10.9 Å². The minimum absolute atomic E-state index is 0.104. The molecule has 0 saturated carbocycles. The highest BCUT2D eigenvalue weighted by molar-refractivity contribution is 5.78. The first kappa shape index (κ1) is 12.1. The van der Waals surface area contributed by atoms with Crippen LogP contribution in [0.15, 0.2) is 12.4 Å². The molecule has 1 aromatic heterocycles. The van der Waals surface area contributed by atoms with Gasteiger partial charge in [-0.25, -0.2) is 5.84 Å². The molecule has 0 aliphatic rings. The van der Waals surface area contributed by atoms with E-state index >= 15 is 0 Å². The molecule has 3 N–H and O–H groups in total. The first-order valence-electron chi connectivity index (χ1n) is 4.66. The summed E-state index contributed by atoms with van der Waals surface area (Å²) in [6.45, 7) is 3.40.